The lowest BCUT2D eigenvalue weighted by Gasteiger charge is -2.53. The number of piperidine rings is 2. The zero-order chi connectivity index (χ0) is 18.2. The van der Waals surface area contributed by atoms with Crippen LogP contribution in [0, 0.1) is 11.8 Å². The van der Waals surface area contributed by atoms with Gasteiger partial charge >= 0.3 is 7.75 Å². The first-order valence-corrected chi connectivity index (χ1v) is 11.1. The summed E-state index contributed by atoms with van der Waals surface area (Å²) in [7, 11) is -4.49. The van der Waals surface area contributed by atoms with Gasteiger partial charge in [-0.3, -0.25) is 9.24 Å². The van der Waals surface area contributed by atoms with Crippen LogP contribution in [0.2, 0.25) is 0 Å². The number of hydrogen-bond donors (Lipinski definition) is 3. The molecule has 2 aromatic rings. The first-order valence-electron chi connectivity index (χ1n) is 9.55. The summed E-state index contributed by atoms with van der Waals surface area (Å²) in [5, 5.41) is 10.8. The second-order valence-electron chi connectivity index (χ2n) is 8.24. The number of aromatic nitrogens is 1. The highest BCUT2D eigenvalue weighted by molar-refractivity contribution is 7.50. The molecule has 4 bridgehead atoms. The molecule has 5 atom stereocenters. The monoisotopic (exact) mass is 376 g/mol. The molecule has 1 aliphatic carbocycles. The quantitative estimate of drug-likeness (QED) is 0.702. The van der Waals surface area contributed by atoms with E-state index in [0.29, 0.717) is 23.4 Å². The highest BCUT2D eigenvalue weighted by Crippen LogP contribution is 2.55. The number of aromatic hydroxyl groups is 1. The van der Waals surface area contributed by atoms with Gasteiger partial charge < -0.3 is 14.9 Å². The summed E-state index contributed by atoms with van der Waals surface area (Å²) >= 11 is 0. The van der Waals surface area contributed by atoms with Crippen LogP contribution < -0.4 is 0 Å². The molecule has 26 heavy (non-hydrogen) atoms. The van der Waals surface area contributed by atoms with E-state index in [0.717, 1.165) is 49.0 Å². The summed E-state index contributed by atoms with van der Waals surface area (Å²) in [6, 6.07) is 5.20. The summed E-state index contributed by atoms with van der Waals surface area (Å²) in [5.74, 6) is 1.50. The number of phenols is 1. The van der Waals surface area contributed by atoms with Gasteiger partial charge in [-0.1, -0.05) is 13.3 Å². The molecule has 0 radical (unpaired) electrons. The van der Waals surface area contributed by atoms with E-state index in [1.807, 2.05) is 0 Å². The minimum Gasteiger partial charge on any atom is -0.508 e. The standard InChI is InChI=1S/C19H25N2O4P/c1-2-12-7-11-8-16-18(12)20(10-11)6-5-14-15-9-13(22)3-4-17(15)21(19(14)16)26(23,24)25/h3-4,9,11-12,16,18,22H,2,5-8,10H2,1H3,(H2,23,24,25)/t11-,12-,16+,18?/m0/s1. The van der Waals surface area contributed by atoms with E-state index in [2.05, 4.69) is 11.8 Å². The van der Waals surface area contributed by atoms with Crippen LogP contribution in [0.3, 0.4) is 0 Å². The van der Waals surface area contributed by atoms with Crippen molar-refractivity contribution in [1.82, 2.24) is 9.24 Å². The molecular formula is C19H25N2O4P. The molecule has 7 heteroatoms. The predicted octanol–water partition coefficient (Wildman–Crippen LogP) is 3.05. The first kappa shape index (κ1) is 16.8. The molecular weight excluding hydrogens is 351 g/mol. The highest BCUT2D eigenvalue weighted by Gasteiger charge is 2.50. The van der Waals surface area contributed by atoms with Crippen molar-refractivity contribution in [3.8, 4) is 5.75 Å². The average Bonchev–Trinajstić information content (AvgIpc) is 2.87. The number of benzene rings is 1. The molecule has 4 aliphatic rings. The third-order valence-corrected chi connectivity index (χ3v) is 7.84. The Hall–Kier alpha value is -1.33. The third kappa shape index (κ3) is 2.26. The third-order valence-electron chi connectivity index (χ3n) is 6.89. The Morgan fingerprint density at radius 3 is 2.81 bits per heavy atom. The number of phenolic OH excluding ortho intramolecular Hbond substituents is 1. The van der Waals surface area contributed by atoms with Crippen LogP contribution in [-0.4, -0.2) is 43.3 Å². The van der Waals surface area contributed by atoms with Gasteiger partial charge in [-0.15, -0.1) is 0 Å². The second kappa shape index (κ2) is 5.59. The zero-order valence-corrected chi connectivity index (χ0v) is 15.8. The van der Waals surface area contributed by atoms with E-state index >= 15 is 0 Å². The Labute approximate surface area is 152 Å². The van der Waals surface area contributed by atoms with Crippen LogP contribution in [0.15, 0.2) is 18.2 Å². The van der Waals surface area contributed by atoms with Crippen molar-refractivity contribution in [3.63, 3.8) is 0 Å². The van der Waals surface area contributed by atoms with Gasteiger partial charge in [0.05, 0.1) is 5.52 Å². The van der Waals surface area contributed by atoms with Gasteiger partial charge in [-0.25, -0.2) is 4.57 Å². The van der Waals surface area contributed by atoms with E-state index < -0.39 is 7.75 Å². The zero-order valence-electron chi connectivity index (χ0n) is 14.9. The van der Waals surface area contributed by atoms with Gasteiger partial charge in [-0.05, 0) is 54.9 Å². The van der Waals surface area contributed by atoms with Gasteiger partial charge in [0, 0.05) is 36.1 Å². The smallest absolute Gasteiger partial charge is 0.434 e. The molecule has 3 fully saturated rings. The van der Waals surface area contributed by atoms with Crippen molar-refractivity contribution in [2.45, 2.75) is 44.6 Å². The molecule has 3 aliphatic heterocycles. The van der Waals surface area contributed by atoms with E-state index in [1.165, 1.54) is 16.8 Å². The second-order valence-corrected chi connectivity index (χ2v) is 9.66. The van der Waals surface area contributed by atoms with Gasteiger partial charge in [0.25, 0.3) is 0 Å². The Bertz CT molecular complexity index is 933. The maximum absolute atomic E-state index is 12.5. The molecule has 1 saturated carbocycles. The maximum atomic E-state index is 12.5. The Balaban J connectivity index is 1.81. The lowest BCUT2D eigenvalue weighted by Crippen LogP contribution is -2.56. The number of rotatable bonds is 2. The van der Waals surface area contributed by atoms with Crippen molar-refractivity contribution in [2.75, 3.05) is 13.1 Å². The SMILES string of the molecule is CC[C@H]1C[C@H]2C[C@H]3c4c(c5cc(O)ccc5n4P(=O)(O)O)CCN(C2)C13. The summed E-state index contributed by atoms with van der Waals surface area (Å²) in [6.07, 6.45) is 4.13. The lowest BCUT2D eigenvalue weighted by atomic mass is 9.65. The fraction of sp³-hybridized carbons (Fsp3) is 0.579. The summed E-state index contributed by atoms with van der Waals surface area (Å²) in [4.78, 5) is 22.9. The van der Waals surface area contributed by atoms with Gasteiger partial charge in [0.15, 0.2) is 0 Å². The summed E-state index contributed by atoms with van der Waals surface area (Å²) < 4.78 is 13.8. The van der Waals surface area contributed by atoms with Crippen molar-refractivity contribution >= 4 is 18.6 Å². The molecule has 0 amide bonds. The van der Waals surface area contributed by atoms with Crippen LogP contribution in [0.1, 0.15) is 43.4 Å². The van der Waals surface area contributed by atoms with Crippen LogP contribution in [-0.2, 0) is 11.0 Å². The first-order chi connectivity index (χ1) is 12.4. The molecule has 1 aromatic carbocycles. The van der Waals surface area contributed by atoms with Crippen molar-refractivity contribution < 1.29 is 19.5 Å². The minimum absolute atomic E-state index is 0.142. The molecule has 3 N–H and O–H groups in total. The molecule has 140 valence electrons. The maximum Gasteiger partial charge on any atom is 0.434 e. The fourth-order valence-electron chi connectivity index (χ4n) is 6.09. The van der Waals surface area contributed by atoms with Crippen LogP contribution in [0.25, 0.3) is 10.9 Å². The normalized spacial score (nSPS) is 33.3. The van der Waals surface area contributed by atoms with Crippen LogP contribution in [0.5, 0.6) is 5.75 Å². The van der Waals surface area contributed by atoms with Crippen LogP contribution in [0.4, 0.5) is 0 Å². The number of fused-ring (bicyclic) bond motifs is 4. The molecule has 2 unspecified atom stereocenters. The van der Waals surface area contributed by atoms with E-state index in [9.17, 15) is 19.5 Å². The molecule has 6 nitrogen and oxygen atoms in total. The molecule has 2 saturated heterocycles. The largest absolute Gasteiger partial charge is 0.508 e. The lowest BCUT2D eigenvalue weighted by molar-refractivity contribution is -0.0137. The topological polar surface area (TPSA) is 85.9 Å². The average molecular weight is 376 g/mol. The predicted molar refractivity (Wildman–Crippen MR) is 99.4 cm³/mol. The minimum atomic E-state index is -4.49. The van der Waals surface area contributed by atoms with E-state index in [-0.39, 0.29) is 11.7 Å². The number of hydrogen-bond acceptors (Lipinski definition) is 3. The Morgan fingerprint density at radius 1 is 1.27 bits per heavy atom. The van der Waals surface area contributed by atoms with Gasteiger partial charge in [0.1, 0.15) is 5.75 Å². The fourth-order valence-corrected chi connectivity index (χ4v) is 7.10. The van der Waals surface area contributed by atoms with Gasteiger partial charge in [0.2, 0.25) is 0 Å². The molecule has 1 aromatic heterocycles. The van der Waals surface area contributed by atoms with Crippen LogP contribution >= 0.6 is 7.75 Å². The van der Waals surface area contributed by atoms with Crippen molar-refractivity contribution in [1.29, 1.82) is 0 Å². The van der Waals surface area contributed by atoms with Gasteiger partial charge in [-0.2, -0.15) is 0 Å². The van der Waals surface area contributed by atoms with E-state index in [1.54, 1.807) is 12.1 Å². The molecule has 6 rings (SSSR count). The Morgan fingerprint density at radius 2 is 2.08 bits per heavy atom. The summed E-state index contributed by atoms with van der Waals surface area (Å²) in [6.45, 7) is 4.27. The highest BCUT2D eigenvalue weighted by atomic mass is 31.2. The summed E-state index contributed by atoms with van der Waals surface area (Å²) in [5.41, 5.74) is 2.40. The molecule has 4 heterocycles. The van der Waals surface area contributed by atoms with Crippen molar-refractivity contribution in [3.05, 3.63) is 29.5 Å². The van der Waals surface area contributed by atoms with Crippen molar-refractivity contribution in [2.24, 2.45) is 11.8 Å². The molecule has 0 spiro atoms. The number of nitrogens with zero attached hydrogens (tertiary/aromatic N) is 2. The van der Waals surface area contributed by atoms with E-state index in [4.69, 9.17) is 0 Å². The Kier molecular flexibility index (Phi) is 3.61.